The van der Waals surface area contributed by atoms with Gasteiger partial charge in [-0.05, 0) is 48.4 Å². The molecule has 0 N–H and O–H groups in total. The summed E-state index contributed by atoms with van der Waals surface area (Å²) < 4.78 is 6.21. The third-order valence-corrected chi connectivity index (χ3v) is 4.91. The first-order valence-electron chi connectivity index (χ1n) is 9.13. The monoisotopic (exact) mass is 349 g/mol. The zero-order valence-corrected chi connectivity index (χ0v) is 15.1. The maximum absolute atomic E-state index is 6.21. The molecule has 0 aromatic heterocycles. The third-order valence-electron chi connectivity index (χ3n) is 4.91. The number of para-hydroxylation sites is 3. The molecule has 0 saturated carbocycles. The lowest BCUT2D eigenvalue weighted by atomic mass is 10.0. The van der Waals surface area contributed by atoms with Crippen LogP contribution in [0.15, 0.2) is 97.1 Å². The number of hydrogen-bond acceptors (Lipinski definition) is 2. The SMILES string of the molecule is Cc1ccc2c(c1)Oc1ccccc1N2c1ccccc1-c1ccccc1. The summed E-state index contributed by atoms with van der Waals surface area (Å²) in [6.07, 6.45) is 0. The highest BCUT2D eigenvalue weighted by molar-refractivity contribution is 5.92. The van der Waals surface area contributed by atoms with E-state index in [1.54, 1.807) is 0 Å². The van der Waals surface area contributed by atoms with Crippen molar-refractivity contribution in [3.8, 4) is 22.6 Å². The van der Waals surface area contributed by atoms with Gasteiger partial charge in [-0.15, -0.1) is 0 Å². The average Bonchev–Trinajstić information content (AvgIpc) is 2.72. The van der Waals surface area contributed by atoms with Crippen molar-refractivity contribution in [1.82, 2.24) is 0 Å². The molecule has 27 heavy (non-hydrogen) atoms. The summed E-state index contributed by atoms with van der Waals surface area (Å²) in [6.45, 7) is 2.09. The average molecular weight is 349 g/mol. The summed E-state index contributed by atoms with van der Waals surface area (Å²) in [6, 6.07) is 33.6. The van der Waals surface area contributed by atoms with Gasteiger partial charge in [0.1, 0.15) is 0 Å². The van der Waals surface area contributed by atoms with Gasteiger partial charge in [0.05, 0.1) is 17.1 Å². The summed E-state index contributed by atoms with van der Waals surface area (Å²) in [5.41, 5.74) is 6.83. The van der Waals surface area contributed by atoms with Crippen molar-refractivity contribution in [2.75, 3.05) is 4.90 Å². The normalized spacial score (nSPS) is 12.1. The summed E-state index contributed by atoms with van der Waals surface area (Å²) >= 11 is 0. The lowest BCUT2D eigenvalue weighted by molar-refractivity contribution is 0.476. The minimum absolute atomic E-state index is 0.874. The smallest absolute Gasteiger partial charge is 0.151 e. The number of fused-ring (bicyclic) bond motifs is 2. The maximum Gasteiger partial charge on any atom is 0.151 e. The Kier molecular flexibility index (Phi) is 3.68. The molecule has 2 heteroatoms. The predicted octanol–water partition coefficient (Wildman–Crippen LogP) is 7.24. The van der Waals surface area contributed by atoms with E-state index in [0.29, 0.717) is 0 Å². The Bertz CT molecular complexity index is 1120. The minimum Gasteiger partial charge on any atom is -0.453 e. The lowest BCUT2D eigenvalue weighted by Crippen LogP contribution is -2.16. The van der Waals surface area contributed by atoms with Gasteiger partial charge in [-0.2, -0.15) is 0 Å². The van der Waals surface area contributed by atoms with E-state index in [1.165, 1.54) is 16.7 Å². The molecular formula is C25H19NO. The summed E-state index contributed by atoms with van der Waals surface area (Å²) in [5, 5.41) is 0. The fourth-order valence-electron chi connectivity index (χ4n) is 3.65. The van der Waals surface area contributed by atoms with Gasteiger partial charge in [-0.1, -0.05) is 66.7 Å². The van der Waals surface area contributed by atoms with Crippen molar-refractivity contribution in [3.05, 3.63) is 103 Å². The van der Waals surface area contributed by atoms with Crippen LogP contribution in [-0.4, -0.2) is 0 Å². The van der Waals surface area contributed by atoms with Gasteiger partial charge in [0.15, 0.2) is 11.5 Å². The molecule has 1 aliphatic rings. The Morgan fingerprint density at radius 2 is 1.26 bits per heavy atom. The van der Waals surface area contributed by atoms with Gasteiger partial charge in [0, 0.05) is 5.56 Å². The van der Waals surface area contributed by atoms with Crippen LogP contribution in [0.5, 0.6) is 11.5 Å². The Morgan fingerprint density at radius 3 is 2.11 bits per heavy atom. The Labute approximate surface area is 159 Å². The second-order valence-electron chi connectivity index (χ2n) is 6.76. The Hall–Kier alpha value is -3.52. The van der Waals surface area contributed by atoms with Crippen LogP contribution < -0.4 is 9.64 Å². The van der Waals surface area contributed by atoms with Crippen LogP contribution in [0.2, 0.25) is 0 Å². The zero-order chi connectivity index (χ0) is 18.2. The van der Waals surface area contributed by atoms with E-state index in [0.717, 1.165) is 28.6 Å². The first-order chi connectivity index (χ1) is 13.3. The molecule has 1 heterocycles. The van der Waals surface area contributed by atoms with Gasteiger partial charge < -0.3 is 9.64 Å². The highest BCUT2D eigenvalue weighted by atomic mass is 16.5. The second kappa shape index (κ2) is 6.33. The topological polar surface area (TPSA) is 12.5 Å². The quantitative estimate of drug-likeness (QED) is 0.333. The predicted molar refractivity (Wildman–Crippen MR) is 111 cm³/mol. The number of anilines is 3. The van der Waals surface area contributed by atoms with Crippen LogP contribution in [0.3, 0.4) is 0 Å². The first-order valence-corrected chi connectivity index (χ1v) is 9.13. The van der Waals surface area contributed by atoms with E-state index >= 15 is 0 Å². The van der Waals surface area contributed by atoms with Gasteiger partial charge in [0.2, 0.25) is 0 Å². The van der Waals surface area contributed by atoms with E-state index in [4.69, 9.17) is 4.74 Å². The molecule has 130 valence electrons. The van der Waals surface area contributed by atoms with Gasteiger partial charge in [0.25, 0.3) is 0 Å². The number of benzene rings is 4. The van der Waals surface area contributed by atoms with Crippen LogP contribution in [0.25, 0.3) is 11.1 Å². The van der Waals surface area contributed by atoms with Crippen LogP contribution in [0, 0.1) is 6.92 Å². The molecule has 2 nitrogen and oxygen atoms in total. The van der Waals surface area contributed by atoms with Crippen LogP contribution >= 0.6 is 0 Å². The van der Waals surface area contributed by atoms with Crippen LogP contribution in [0.1, 0.15) is 5.56 Å². The maximum atomic E-state index is 6.21. The first kappa shape index (κ1) is 15.7. The Balaban J connectivity index is 1.78. The minimum atomic E-state index is 0.874. The van der Waals surface area contributed by atoms with E-state index in [-0.39, 0.29) is 0 Å². The highest BCUT2D eigenvalue weighted by Crippen LogP contribution is 2.52. The zero-order valence-electron chi connectivity index (χ0n) is 15.1. The van der Waals surface area contributed by atoms with E-state index < -0.39 is 0 Å². The number of nitrogens with zero attached hydrogens (tertiary/aromatic N) is 1. The van der Waals surface area contributed by atoms with E-state index in [2.05, 4.69) is 90.7 Å². The van der Waals surface area contributed by atoms with Gasteiger partial charge in [-0.3, -0.25) is 0 Å². The number of aryl methyl sites for hydroxylation is 1. The van der Waals surface area contributed by atoms with Crippen molar-refractivity contribution in [3.63, 3.8) is 0 Å². The summed E-state index contributed by atoms with van der Waals surface area (Å²) in [5.74, 6) is 1.76. The van der Waals surface area contributed by atoms with Crippen LogP contribution in [-0.2, 0) is 0 Å². The molecule has 0 amide bonds. The standard InChI is InChI=1S/C25H19NO/c1-18-15-16-23-25(17-18)27-24-14-8-7-13-22(24)26(23)21-12-6-5-11-20(21)19-9-3-2-4-10-19/h2-17H,1H3. The number of ether oxygens (including phenoxy) is 1. The van der Waals surface area contributed by atoms with E-state index in [1.807, 2.05) is 18.2 Å². The molecule has 4 aromatic rings. The summed E-state index contributed by atoms with van der Waals surface area (Å²) in [4.78, 5) is 2.30. The molecule has 0 unspecified atom stereocenters. The molecule has 4 aromatic carbocycles. The number of rotatable bonds is 2. The molecule has 0 bridgehead atoms. The fraction of sp³-hybridized carbons (Fsp3) is 0.0400. The molecule has 0 aliphatic carbocycles. The van der Waals surface area contributed by atoms with Crippen molar-refractivity contribution in [2.24, 2.45) is 0 Å². The molecule has 1 aliphatic heterocycles. The number of hydrogen-bond donors (Lipinski definition) is 0. The molecule has 0 fully saturated rings. The molecule has 5 rings (SSSR count). The van der Waals surface area contributed by atoms with Crippen LogP contribution in [0.4, 0.5) is 17.1 Å². The third kappa shape index (κ3) is 2.67. The highest BCUT2D eigenvalue weighted by Gasteiger charge is 2.27. The largest absolute Gasteiger partial charge is 0.453 e. The van der Waals surface area contributed by atoms with Crippen molar-refractivity contribution in [1.29, 1.82) is 0 Å². The molecular weight excluding hydrogens is 330 g/mol. The lowest BCUT2D eigenvalue weighted by Gasteiger charge is -2.34. The second-order valence-corrected chi connectivity index (χ2v) is 6.76. The van der Waals surface area contributed by atoms with Crippen molar-refractivity contribution < 1.29 is 4.74 Å². The Morgan fingerprint density at radius 1 is 0.593 bits per heavy atom. The van der Waals surface area contributed by atoms with Gasteiger partial charge in [-0.25, -0.2) is 0 Å². The van der Waals surface area contributed by atoms with E-state index in [9.17, 15) is 0 Å². The molecule has 0 saturated heterocycles. The summed E-state index contributed by atoms with van der Waals surface area (Å²) in [7, 11) is 0. The molecule has 0 spiro atoms. The molecule has 0 atom stereocenters. The van der Waals surface area contributed by atoms with Crippen molar-refractivity contribution in [2.45, 2.75) is 6.92 Å². The van der Waals surface area contributed by atoms with Crippen molar-refractivity contribution >= 4 is 17.1 Å². The van der Waals surface area contributed by atoms with Gasteiger partial charge >= 0.3 is 0 Å². The molecule has 0 radical (unpaired) electrons. The fourth-order valence-corrected chi connectivity index (χ4v) is 3.65.